The number of hydrogen-bond donors (Lipinski definition) is 1. The molecule has 0 saturated carbocycles. The van der Waals surface area contributed by atoms with Crippen molar-refractivity contribution in [3.8, 4) is 5.75 Å². The molecule has 1 aromatic carbocycles. The molecular weight excluding hydrogens is 220 g/mol. The first-order chi connectivity index (χ1) is 8.10. The third-order valence-electron chi connectivity index (χ3n) is 2.62. The lowest BCUT2D eigenvalue weighted by Gasteiger charge is -2.28. The summed E-state index contributed by atoms with van der Waals surface area (Å²) in [6.07, 6.45) is 0. The number of amides is 2. The summed E-state index contributed by atoms with van der Waals surface area (Å²) < 4.78 is 5.24. The van der Waals surface area contributed by atoms with Gasteiger partial charge in [0.05, 0.1) is 25.9 Å². The van der Waals surface area contributed by atoms with E-state index in [2.05, 4.69) is 5.32 Å². The number of methoxy groups -OCH3 is 1. The first kappa shape index (κ1) is 11.4. The second-order valence-corrected chi connectivity index (χ2v) is 4.00. The van der Waals surface area contributed by atoms with Crippen molar-refractivity contribution in [1.29, 1.82) is 0 Å². The fourth-order valence-corrected chi connectivity index (χ4v) is 1.85. The van der Waals surface area contributed by atoms with Gasteiger partial charge in [-0.1, -0.05) is 6.07 Å². The van der Waals surface area contributed by atoms with Crippen molar-refractivity contribution in [3.05, 3.63) is 23.8 Å². The molecule has 1 aliphatic heterocycles. The van der Waals surface area contributed by atoms with Gasteiger partial charge in [0.15, 0.2) is 0 Å². The average Bonchev–Trinajstić information content (AvgIpc) is 2.27. The number of nitrogens with one attached hydrogen (secondary N) is 1. The van der Waals surface area contributed by atoms with Crippen LogP contribution in [0, 0.1) is 6.92 Å². The van der Waals surface area contributed by atoms with Crippen LogP contribution in [0.5, 0.6) is 5.75 Å². The Morgan fingerprint density at radius 2 is 1.88 bits per heavy atom. The minimum Gasteiger partial charge on any atom is -0.495 e. The molecule has 2 amide bonds. The highest BCUT2D eigenvalue weighted by Crippen LogP contribution is 2.29. The fourth-order valence-electron chi connectivity index (χ4n) is 1.85. The maximum Gasteiger partial charge on any atom is 0.246 e. The van der Waals surface area contributed by atoms with Crippen molar-refractivity contribution in [2.45, 2.75) is 6.92 Å². The molecule has 1 fully saturated rings. The number of imide groups is 1. The van der Waals surface area contributed by atoms with Crippen LogP contribution in [0.4, 0.5) is 5.69 Å². The first-order valence-electron chi connectivity index (χ1n) is 5.32. The predicted octanol–water partition coefficient (Wildman–Crippen LogP) is 0.466. The average molecular weight is 234 g/mol. The number of carbonyl (C=O) groups is 2. The molecule has 2 rings (SSSR count). The largest absolute Gasteiger partial charge is 0.495 e. The zero-order chi connectivity index (χ0) is 12.4. The summed E-state index contributed by atoms with van der Waals surface area (Å²) in [5.41, 5.74) is 1.83. The van der Waals surface area contributed by atoms with Crippen LogP contribution in [0.15, 0.2) is 18.2 Å². The summed E-state index contributed by atoms with van der Waals surface area (Å²) in [5.74, 6) is 0.0905. The van der Waals surface area contributed by atoms with E-state index in [1.54, 1.807) is 12.0 Å². The van der Waals surface area contributed by atoms with Crippen molar-refractivity contribution in [1.82, 2.24) is 5.32 Å². The second kappa shape index (κ2) is 4.45. The Bertz CT molecular complexity index is 455. The molecule has 0 spiro atoms. The molecule has 1 aliphatic rings. The van der Waals surface area contributed by atoms with Crippen molar-refractivity contribution in [2.75, 3.05) is 25.1 Å². The van der Waals surface area contributed by atoms with Gasteiger partial charge in [0.1, 0.15) is 5.75 Å². The van der Waals surface area contributed by atoms with E-state index in [4.69, 9.17) is 4.74 Å². The lowest BCUT2D eigenvalue weighted by atomic mass is 10.1. The molecule has 0 radical (unpaired) electrons. The van der Waals surface area contributed by atoms with E-state index in [-0.39, 0.29) is 24.9 Å². The molecule has 0 bridgehead atoms. The Kier molecular flexibility index (Phi) is 2.99. The molecule has 90 valence electrons. The van der Waals surface area contributed by atoms with Gasteiger partial charge in [0.2, 0.25) is 11.8 Å². The van der Waals surface area contributed by atoms with E-state index in [0.717, 1.165) is 11.3 Å². The number of hydrogen-bond acceptors (Lipinski definition) is 4. The van der Waals surface area contributed by atoms with Gasteiger partial charge in [0.25, 0.3) is 0 Å². The third-order valence-corrected chi connectivity index (χ3v) is 2.62. The van der Waals surface area contributed by atoms with Crippen molar-refractivity contribution < 1.29 is 14.3 Å². The molecular formula is C12H14N2O3. The predicted molar refractivity (Wildman–Crippen MR) is 63.1 cm³/mol. The van der Waals surface area contributed by atoms with E-state index in [1.165, 1.54) is 0 Å². The normalized spacial score (nSPS) is 15.8. The molecule has 0 atom stereocenters. The quantitative estimate of drug-likeness (QED) is 0.755. The van der Waals surface area contributed by atoms with Gasteiger partial charge in [-0.15, -0.1) is 0 Å². The first-order valence-corrected chi connectivity index (χ1v) is 5.32. The topological polar surface area (TPSA) is 58.6 Å². The third kappa shape index (κ3) is 2.38. The SMILES string of the molecule is COc1ccc(C)cc1N1CC(=O)NC(=O)C1. The van der Waals surface area contributed by atoms with Crippen LogP contribution in [-0.2, 0) is 9.59 Å². The molecule has 17 heavy (non-hydrogen) atoms. The summed E-state index contributed by atoms with van der Waals surface area (Å²) in [5, 5.41) is 2.27. The summed E-state index contributed by atoms with van der Waals surface area (Å²) >= 11 is 0. The number of rotatable bonds is 2. The molecule has 1 aromatic rings. The Labute approximate surface area is 99.4 Å². The highest BCUT2D eigenvalue weighted by Gasteiger charge is 2.24. The highest BCUT2D eigenvalue weighted by molar-refractivity contribution is 6.03. The minimum absolute atomic E-state index is 0.172. The number of anilines is 1. The summed E-state index contributed by atoms with van der Waals surface area (Å²) in [7, 11) is 1.57. The van der Waals surface area contributed by atoms with Gasteiger partial charge in [-0.3, -0.25) is 14.9 Å². The Morgan fingerprint density at radius 3 is 2.47 bits per heavy atom. The second-order valence-electron chi connectivity index (χ2n) is 4.00. The maximum absolute atomic E-state index is 11.3. The van der Waals surface area contributed by atoms with E-state index >= 15 is 0 Å². The molecule has 1 saturated heterocycles. The number of benzene rings is 1. The lowest BCUT2D eigenvalue weighted by Crippen LogP contribution is -2.51. The number of aryl methyl sites for hydroxylation is 1. The fraction of sp³-hybridized carbons (Fsp3) is 0.333. The monoisotopic (exact) mass is 234 g/mol. The number of nitrogens with zero attached hydrogens (tertiary/aromatic N) is 1. The molecule has 0 aliphatic carbocycles. The smallest absolute Gasteiger partial charge is 0.246 e. The van der Waals surface area contributed by atoms with Crippen molar-refractivity contribution >= 4 is 17.5 Å². The van der Waals surface area contributed by atoms with E-state index in [1.807, 2.05) is 25.1 Å². The van der Waals surface area contributed by atoms with Gasteiger partial charge in [-0.25, -0.2) is 0 Å². The molecule has 0 unspecified atom stereocenters. The van der Waals surface area contributed by atoms with Crippen molar-refractivity contribution in [3.63, 3.8) is 0 Å². The van der Waals surface area contributed by atoms with Gasteiger partial charge in [0, 0.05) is 0 Å². The van der Waals surface area contributed by atoms with Gasteiger partial charge in [-0.2, -0.15) is 0 Å². The number of piperazine rings is 1. The molecule has 5 heteroatoms. The Morgan fingerprint density at radius 1 is 1.24 bits per heavy atom. The number of carbonyl (C=O) groups excluding carboxylic acids is 2. The van der Waals surface area contributed by atoms with Crippen LogP contribution < -0.4 is 15.0 Å². The van der Waals surface area contributed by atoms with Crippen LogP contribution in [0.25, 0.3) is 0 Å². The van der Waals surface area contributed by atoms with Crippen LogP contribution in [0.3, 0.4) is 0 Å². The van der Waals surface area contributed by atoms with Crippen LogP contribution in [-0.4, -0.2) is 32.0 Å². The van der Waals surface area contributed by atoms with E-state index < -0.39 is 0 Å². The van der Waals surface area contributed by atoms with Crippen molar-refractivity contribution in [2.24, 2.45) is 0 Å². The summed E-state index contributed by atoms with van der Waals surface area (Å²) in [4.78, 5) is 24.4. The summed E-state index contributed by atoms with van der Waals surface area (Å²) in [6.45, 7) is 2.30. The number of ether oxygens (including phenoxy) is 1. The van der Waals surface area contributed by atoms with E-state index in [9.17, 15) is 9.59 Å². The highest BCUT2D eigenvalue weighted by atomic mass is 16.5. The summed E-state index contributed by atoms with van der Waals surface area (Å²) in [6, 6.07) is 5.67. The molecule has 1 heterocycles. The molecule has 1 N–H and O–H groups in total. The standard InChI is InChI=1S/C12H14N2O3/c1-8-3-4-10(17-2)9(5-8)14-6-11(15)13-12(16)7-14/h3-5H,6-7H2,1-2H3,(H,13,15,16). The van der Waals surface area contributed by atoms with Crippen LogP contribution in [0.2, 0.25) is 0 Å². The zero-order valence-corrected chi connectivity index (χ0v) is 9.82. The molecule has 5 nitrogen and oxygen atoms in total. The molecule has 0 aromatic heterocycles. The van der Waals surface area contributed by atoms with Gasteiger partial charge in [-0.05, 0) is 24.6 Å². The van der Waals surface area contributed by atoms with Crippen LogP contribution in [0.1, 0.15) is 5.56 Å². The van der Waals surface area contributed by atoms with E-state index in [0.29, 0.717) is 5.75 Å². The van der Waals surface area contributed by atoms with Gasteiger partial charge >= 0.3 is 0 Å². The maximum atomic E-state index is 11.3. The van der Waals surface area contributed by atoms with Crippen LogP contribution >= 0.6 is 0 Å². The Hall–Kier alpha value is -2.04. The Balaban J connectivity index is 2.35. The zero-order valence-electron chi connectivity index (χ0n) is 9.82. The minimum atomic E-state index is -0.287. The lowest BCUT2D eigenvalue weighted by molar-refractivity contribution is -0.130. The van der Waals surface area contributed by atoms with Gasteiger partial charge < -0.3 is 9.64 Å².